The first-order valence-electron chi connectivity index (χ1n) is 3.51. The molecule has 0 fully saturated rings. The zero-order valence-corrected chi connectivity index (χ0v) is 6.11. The maximum absolute atomic E-state index is 5.31. The molecule has 3 heteroatoms. The van der Waals surface area contributed by atoms with Crippen molar-refractivity contribution >= 4 is 15.1 Å². The molecule has 48 valence electrons. The Morgan fingerprint density at radius 2 is 2.22 bits per heavy atom. The Hall–Kier alpha value is -0.350. The highest BCUT2D eigenvalue weighted by Gasteiger charge is 1.84. The van der Waals surface area contributed by atoms with Gasteiger partial charge in [-0.1, -0.05) is 12.7 Å². The maximum atomic E-state index is 5.31. The third-order valence-electron chi connectivity index (χ3n) is 1.18. The summed E-state index contributed by atoms with van der Waals surface area (Å²) in [5.74, 6) is 5.88. The van der Waals surface area contributed by atoms with Gasteiger partial charge in [-0.2, -0.15) is 11.6 Å². The summed E-state index contributed by atoms with van der Waals surface area (Å²) >= 11 is 0. The molecule has 0 heterocycles. The van der Waals surface area contributed by atoms with Crippen molar-refractivity contribution in [2.75, 3.05) is 6.54 Å². The molecule has 0 amide bonds. The summed E-state index contributed by atoms with van der Waals surface area (Å²) < 4.78 is 0. The molecule has 0 saturated carbocycles. The molecule has 0 aromatic carbocycles. The van der Waals surface area contributed by atoms with Crippen molar-refractivity contribution in [2.45, 2.75) is 19.2 Å². The molecule has 0 unspecified atom stereocenters. The average Bonchev–Trinajstić information content (AvgIpc) is 1.89. The lowest BCUT2D eigenvalue weighted by Gasteiger charge is -1.89. The van der Waals surface area contributed by atoms with Gasteiger partial charge < -0.3 is 5.73 Å². The molecule has 0 saturated heterocycles. The molecule has 0 aliphatic carbocycles. The molecule has 0 bridgehead atoms. The van der Waals surface area contributed by atoms with E-state index in [0.29, 0.717) is 0 Å². The van der Waals surface area contributed by atoms with Gasteiger partial charge in [-0.3, -0.25) is 0 Å². The van der Waals surface area contributed by atoms with Crippen LogP contribution in [0.5, 0.6) is 0 Å². The van der Waals surface area contributed by atoms with E-state index in [2.05, 4.69) is 11.6 Å². The van der Waals surface area contributed by atoms with Gasteiger partial charge in [-0.15, -0.1) is 0 Å². The fourth-order valence-corrected chi connectivity index (χ4v) is 0.660. The van der Waals surface area contributed by atoms with Crippen molar-refractivity contribution in [1.29, 1.82) is 0 Å². The second kappa shape index (κ2) is 7.65. The second-order valence-electron chi connectivity index (χ2n) is 2.03. The van der Waals surface area contributed by atoms with E-state index < -0.39 is 0 Å². The van der Waals surface area contributed by atoms with Gasteiger partial charge in [0.2, 0.25) is 7.28 Å². The summed E-state index contributed by atoms with van der Waals surface area (Å²) in [5.41, 5.74) is 5.31. The summed E-state index contributed by atoms with van der Waals surface area (Å²) in [6, 6.07) is 0. The molecule has 0 aromatic heterocycles. The van der Waals surface area contributed by atoms with Gasteiger partial charge in [0.05, 0.1) is 0 Å². The minimum absolute atomic E-state index is 0.819. The van der Waals surface area contributed by atoms with Crippen LogP contribution in [0, 0.1) is 11.6 Å². The summed E-state index contributed by atoms with van der Waals surface area (Å²) in [6.07, 6.45) is 3.58. The van der Waals surface area contributed by atoms with Crippen LogP contribution in [0.4, 0.5) is 0 Å². The lowest BCUT2D eigenvalue weighted by atomic mass is 9.73. The summed E-state index contributed by atoms with van der Waals surface area (Å²) in [5, 5.41) is 0. The lowest BCUT2D eigenvalue weighted by Crippen LogP contribution is -1.98. The van der Waals surface area contributed by atoms with E-state index >= 15 is 0 Å². The van der Waals surface area contributed by atoms with E-state index in [1.807, 2.05) is 7.85 Å². The standard InChI is InChI=1S/C6H13B2N/c7-3-5-8-4-1-2-6-9/h8H,1-2,4,6-7,9H2. The zero-order valence-electron chi connectivity index (χ0n) is 6.11. The van der Waals surface area contributed by atoms with E-state index in [-0.39, 0.29) is 0 Å². The van der Waals surface area contributed by atoms with Gasteiger partial charge >= 0.3 is 0 Å². The lowest BCUT2D eigenvalue weighted by molar-refractivity contribution is 0.804. The zero-order chi connectivity index (χ0) is 6.95. The van der Waals surface area contributed by atoms with Crippen molar-refractivity contribution < 1.29 is 0 Å². The fourth-order valence-electron chi connectivity index (χ4n) is 0.660. The number of nitrogens with two attached hydrogens (primary N) is 1. The Morgan fingerprint density at radius 3 is 2.78 bits per heavy atom. The van der Waals surface area contributed by atoms with E-state index in [0.717, 1.165) is 20.2 Å². The normalized spacial score (nSPS) is 7.67. The van der Waals surface area contributed by atoms with Gasteiger partial charge in [-0.05, 0) is 13.0 Å². The van der Waals surface area contributed by atoms with Crippen molar-refractivity contribution in [3.05, 3.63) is 0 Å². The van der Waals surface area contributed by atoms with Gasteiger partial charge in [0, 0.05) is 0 Å². The molecule has 0 aliphatic rings. The topological polar surface area (TPSA) is 26.0 Å². The monoisotopic (exact) mass is 121 g/mol. The Kier molecular flexibility index (Phi) is 7.35. The smallest absolute Gasteiger partial charge is 0.212 e. The minimum Gasteiger partial charge on any atom is -0.330 e. The van der Waals surface area contributed by atoms with Crippen molar-refractivity contribution in [2.24, 2.45) is 5.73 Å². The van der Waals surface area contributed by atoms with Crippen LogP contribution < -0.4 is 5.73 Å². The number of unbranched alkanes of at least 4 members (excludes halogenated alkanes) is 1. The molecule has 2 N–H and O–H groups in total. The van der Waals surface area contributed by atoms with Crippen molar-refractivity contribution in [3.8, 4) is 11.6 Å². The van der Waals surface area contributed by atoms with Gasteiger partial charge in [0.15, 0.2) is 7.85 Å². The molecule has 1 nitrogen and oxygen atoms in total. The number of hydrogen-bond acceptors (Lipinski definition) is 1. The van der Waals surface area contributed by atoms with Crippen LogP contribution in [0.3, 0.4) is 0 Å². The predicted molar refractivity (Wildman–Crippen MR) is 46.6 cm³/mol. The maximum Gasteiger partial charge on any atom is 0.212 e. The van der Waals surface area contributed by atoms with Crippen molar-refractivity contribution in [1.82, 2.24) is 0 Å². The average molecular weight is 121 g/mol. The summed E-state index contributed by atoms with van der Waals surface area (Å²) in [4.78, 5) is 0. The van der Waals surface area contributed by atoms with Crippen LogP contribution in [-0.2, 0) is 0 Å². The fraction of sp³-hybridized carbons (Fsp3) is 0.667. The molecule has 9 heavy (non-hydrogen) atoms. The van der Waals surface area contributed by atoms with Crippen LogP contribution in [0.25, 0.3) is 0 Å². The predicted octanol–water partition coefficient (Wildman–Crippen LogP) is -0.868. The molecule has 0 radical (unpaired) electrons. The molecule has 0 spiro atoms. The molecular weight excluding hydrogens is 108 g/mol. The summed E-state index contributed by atoms with van der Waals surface area (Å²) in [6.45, 7) is 0.819. The molecule has 0 atom stereocenters. The largest absolute Gasteiger partial charge is 0.330 e. The quantitative estimate of drug-likeness (QED) is 0.292. The van der Waals surface area contributed by atoms with Crippen LogP contribution in [-0.4, -0.2) is 21.7 Å². The number of hydrogen-bond donors (Lipinski definition) is 1. The molecule has 0 aromatic rings. The van der Waals surface area contributed by atoms with Crippen LogP contribution in [0.1, 0.15) is 12.8 Å². The van der Waals surface area contributed by atoms with Crippen molar-refractivity contribution in [3.63, 3.8) is 0 Å². The molecule has 0 aliphatic heterocycles. The number of rotatable bonds is 4. The summed E-state index contributed by atoms with van der Waals surface area (Å²) in [7, 11) is 2.92. The Morgan fingerprint density at radius 1 is 1.44 bits per heavy atom. The SMILES string of the molecule is BC#CBCCCCN. The van der Waals surface area contributed by atoms with Crippen LogP contribution in [0.2, 0.25) is 6.32 Å². The Bertz CT molecular complexity index is 103. The third kappa shape index (κ3) is 7.65. The van der Waals surface area contributed by atoms with Crippen LogP contribution >= 0.6 is 0 Å². The van der Waals surface area contributed by atoms with E-state index in [9.17, 15) is 0 Å². The van der Waals surface area contributed by atoms with E-state index in [1.165, 1.54) is 12.7 Å². The van der Waals surface area contributed by atoms with E-state index in [4.69, 9.17) is 5.73 Å². The van der Waals surface area contributed by atoms with E-state index in [1.54, 1.807) is 0 Å². The van der Waals surface area contributed by atoms with Gasteiger partial charge in [0.25, 0.3) is 0 Å². The highest BCUT2D eigenvalue weighted by Crippen LogP contribution is 1.90. The Labute approximate surface area is 59.0 Å². The second-order valence-corrected chi connectivity index (χ2v) is 2.03. The first kappa shape index (κ1) is 8.65. The van der Waals surface area contributed by atoms with Crippen LogP contribution in [0.15, 0.2) is 0 Å². The highest BCUT2D eigenvalue weighted by atomic mass is 14.5. The van der Waals surface area contributed by atoms with Gasteiger partial charge in [0.1, 0.15) is 0 Å². The first-order valence-corrected chi connectivity index (χ1v) is 3.51. The van der Waals surface area contributed by atoms with Gasteiger partial charge in [-0.25, -0.2) is 0 Å². The molecular formula is C6H13B2N. The minimum atomic E-state index is 0.819. The Balaban J connectivity index is 2.80. The molecule has 0 rings (SSSR count). The first-order chi connectivity index (χ1) is 4.41. The third-order valence-corrected chi connectivity index (χ3v) is 1.18. The highest BCUT2D eigenvalue weighted by molar-refractivity contribution is 6.47.